The first-order valence-corrected chi connectivity index (χ1v) is 12.6. The van der Waals surface area contributed by atoms with Crippen molar-refractivity contribution < 1.29 is 37.4 Å². The van der Waals surface area contributed by atoms with Crippen LogP contribution in [0.25, 0.3) is 11.2 Å². The molecule has 4 rings (SSSR count). The fraction of sp³-hybridized carbons (Fsp3) is 0.429. The standard InChI is InChI=1S/C21H27FN7O7P/c1-11(18(31)33-3)28-37(32,36-12-7-5-4-6-8-12)34-9-13-15(30)21(2,22)19(35-13)29-10-25-14-16(23)26-20(24)27-17(14)29/h4-8,10-11,13,15,19,30H,9H2,1-3H3,(H,28,32)(H4,23,24,26,27)/t11-,13+,15+,19+,21+,37?/m0/s1. The van der Waals surface area contributed by atoms with Crippen molar-refractivity contribution in [2.75, 3.05) is 25.2 Å². The summed E-state index contributed by atoms with van der Waals surface area (Å²) >= 11 is 0. The molecular weight excluding hydrogens is 512 g/mol. The van der Waals surface area contributed by atoms with Crippen molar-refractivity contribution in [1.82, 2.24) is 24.6 Å². The maximum atomic E-state index is 15.8. The molecule has 37 heavy (non-hydrogen) atoms. The molecule has 1 saturated heterocycles. The third kappa shape index (κ3) is 5.36. The summed E-state index contributed by atoms with van der Waals surface area (Å²) in [5.74, 6) is -0.710. The van der Waals surface area contributed by atoms with Gasteiger partial charge in [0.1, 0.15) is 29.5 Å². The van der Waals surface area contributed by atoms with Crippen LogP contribution in [0.1, 0.15) is 20.1 Å². The number of rotatable bonds is 9. The summed E-state index contributed by atoms with van der Waals surface area (Å²) in [5.41, 5.74) is 9.40. The number of aromatic nitrogens is 4. The number of anilines is 2. The lowest BCUT2D eigenvalue weighted by Gasteiger charge is -2.25. The molecule has 3 heterocycles. The Labute approximate surface area is 210 Å². The molecule has 14 nitrogen and oxygen atoms in total. The number of fused-ring (bicyclic) bond motifs is 1. The number of ether oxygens (including phenoxy) is 2. The van der Waals surface area contributed by atoms with Crippen LogP contribution in [-0.4, -0.2) is 68.2 Å². The largest absolute Gasteiger partial charge is 0.468 e. The second-order valence-corrected chi connectivity index (χ2v) is 10.2. The predicted octanol–water partition coefficient (Wildman–Crippen LogP) is 1.33. The number of esters is 1. The van der Waals surface area contributed by atoms with Gasteiger partial charge in [-0.1, -0.05) is 18.2 Å². The Morgan fingerprint density at radius 3 is 2.73 bits per heavy atom. The Morgan fingerprint density at radius 1 is 1.35 bits per heavy atom. The third-order valence-corrected chi connectivity index (χ3v) is 7.36. The fourth-order valence-corrected chi connectivity index (χ4v) is 5.33. The van der Waals surface area contributed by atoms with Crippen molar-refractivity contribution in [2.45, 2.75) is 44.0 Å². The molecule has 0 spiro atoms. The van der Waals surface area contributed by atoms with E-state index in [1.54, 1.807) is 18.2 Å². The number of aliphatic hydroxyl groups is 1. The number of aliphatic hydroxyl groups excluding tert-OH is 1. The Balaban J connectivity index is 1.56. The quantitative estimate of drug-likeness (QED) is 0.224. The fourth-order valence-electron chi connectivity index (χ4n) is 3.83. The molecule has 1 aliphatic heterocycles. The Morgan fingerprint density at radius 2 is 2.05 bits per heavy atom. The van der Waals surface area contributed by atoms with Gasteiger partial charge in [0.05, 0.1) is 20.0 Å². The molecule has 1 unspecified atom stereocenters. The van der Waals surface area contributed by atoms with Crippen molar-refractivity contribution in [2.24, 2.45) is 0 Å². The number of methoxy groups -OCH3 is 1. The Bertz CT molecular complexity index is 1330. The molecule has 0 radical (unpaired) electrons. The van der Waals surface area contributed by atoms with Gasteiger partial charge in [0.2, 0.25) is 5.95 Å². The first-order chi connectivity index (χ1) is 17.4. The highest BCUT2D eigenvalue weighted by Gasteiger charge is 2.56. The topological polar surface area (TPSA) is 199 Å². The lowest BCUT2D eigenvalue weighted by molar-refractivity contribution is -0.142. The van der Waals surface area contributed by atoms with Crippen molar-refractivity contribution in [3.63, 3.8) is 0 Å². The van der Waals surface area contributed by atoms with Crippen LogP contribution in [0.5, 0.6) is 5.75 Å². The molecule has 6 N–H and O–H groups in total. The zero-order chi connectivity index (χ0) is 27.0. The number of benzene rings is 1. The number of hydrogen-bond acceptors (Lipinski definition) is 12. The maximum Gasteiger partial charge on any atom is 0.459 e. The summed E-state index contributed by atoms with van der Waals surface area (Å²) in [6.07, 6.45) is -3.23. The number of carbonyl (C=O) groups excluding carboxylic acids is 1. The number of nitrogens with two attached hydrogens (primary N) is 2. The van der Waals surface area contributed by atoms with Crippen LogP contribution in [0.3, 0.4) is 0 Å². The number of imidazole rings is 1. The van der Waals surface area contributed by atoms with Gasteiger partial charge in [-0.25, -0.2) is 13.9 Å². The molecule has 1 fully saturated rings. The van der Waals surface area contributed by atoms with E-state index in [4.69, 9.17) is 25.3 Å². The molecular formula is C21H27FN7O7P. The number of halogens is 1. The zero-order valence-electron chi connectivity index (χ0n) is 20.1. The van der Waals surface area contributed by atoms with Crippen molar-refractivity contribution in [3.05, 3.63) is 36.7 Å². The highest BCUT2D eigenvalue weighted by atomic mass is 31.2. The number of alkyl halides is 1. The summed E-state index contributed by atoms with van der Waals surface area (Å²) in [6, 6.07) is 6.98. The minimum atomic E-state index is -4.25. The van der Waals surface area contributed by atoms with Crippen LogP contribution in [0.2, 0.25) is 0 Å². The van der Waals surface area contributed by atoms with Crippen LogP contribution in [0.4, 0.5) is 16.2 Å². The molecule has 1 aliphatic rings. The van der Waals surface area contributed by atoms with E-state index in [2.05, 4.69) is 24.8 Å². The molecule has 2 aromatic heterocycles. The Kier molecular flexibility index (Phi) is 7.35. The molecule has 6 atom stereocenters. The van der Waals surface area contributed by atoms with E-state index in [1.165, 1.54) is 37.1 Å². The normalized spacial score (nSPS) is 26.0. The van der Waals surface area contributed by atoms with E-state index >= 15 is 4.39 Å². The van der Waals surface area contributed by atoms with Gasteiger partial charge in [0.15, 0.2) is 23.4 Å². The minimum Gasteiger partial charge on any atom is -0.468 e. The number of nitrogens with one attached hydrogen (secondary N) is 1. The molecule has 0 bridgehead atoms. The minimum absolute atomic E-state index is 0.00922. The predicted molar refractivity (Wildman–Crippen MR) is 129 cm³/mol. The first kappa shape index (κ1) is 26.7. The molecule has 0 aliphatic carbocycles. The summed E-state index contributed by atoms with van der Waals surface area (Å²) in [4.78, 5) is 23.9. The summed E-state index contributed by atoms with van der Waals surface area (Å²) in [5, 5.41) is 13.2. The summed E-state index contributed by atoms with van der Waals surface area (Å²) < 4.78 is 52.0. The lowest BCUT2D eigenvalue weighted by atomic mass is 9.98. The van der Waals surface area contributed by atoms with Gasteiger partial charge in [-0.15, -0.1) is 0 Å². The highest BCUT2D eigenvalue weighted by molar-refractivity contribution is 7.52. The molecule has 1 aromatic carbocycles. The molecule has 16 heteroatoms. The van der Waals surface area contributed by atoms with Crippen LogP contribution in [0, 0.1) is 0 Å². The first-order valence-electron chi connectivity index (χ1n) is 11.1. The second-order valence-electron chi connectivity index (χ2n) is 8.49. The smallest absolute Gasteiger partial charge is 0.459 e. The second kappa shape index (κ2) is 10.2. The molecule has 3 aromatic rings. The van der Waals surface area contributed by atoms with Gasteiger partial charge in [-0.3, -0.25) is 13.9 Å². The average Bonchev–Trinajstić information content (AvgIpc) is 3.36. The molecule has 0 saturated carbocycles. The van der Waals surface area contributed by atoms with E-state index in [0.717, 1.165) is 6.92 Å². The van der Waals surface area contributed by atoms with Crippen LogP contribution in [-0.2, 0) is 23.4 Å². The Hall–Kier alpha value is -3.36. The monoisotopic (exact) mass is 539 g/mol. The zero-order valence-corrected chi connectivity index (χ0v) is 21.0. The van der Waals surface area contributed by atoms with Crippen LogP contribution >= 0.6 is 7.75 Å². The van der Waals surface area contributed by atoms with Crippen molar-refractivity contribution in [1.29, 1.82) is 0 Å². The van der Waals surface area contributed by atoms with Crippen LogP contribution in [0.15, 0.2) is 36.7 Å². The summed E-state index contributed by atoms with van der Waals surface area (Å²) in [7, 11) is -3.09. The van der Waals surface area contributed by atoms with E-state index in [-0.39, 0.29) is 28.7 Å². The third-order valence-electron chi connectivity index (χ3n) is 5.72. The van der Waals surface area contributed by atoms with Gasteiger partial charge in [0, 0.05) is 0 Å². The van der Waals surface area contributed by atoms with Crippen molar-refractivity contribution >= 4 is 36.6 Å². The van der Waals surface area contributed by atoms with Crippen LogP contribution < -0.4 is 21.1 Å². The number of carbonyl (C=O) groups is 1. The van der Waals surface area contributed by atoms with Gasteiger partial charge in [-0.05, 0) is 26.0 Å². The lowest BCUT2D eigenvalue weighted by Crippen LogP contribution is -2.41. The van der Waals surface area contributed by atoms with E-state index < -0.39 is 50.5 Å². The number of nitrogens with zero attached hydrogens (tertiary/aromatic N) is 4. The van der Waals surface area contributed by atoms with Gasteiger partial charge in [0.25, 0.3) is 0 Å². The van der Waals surface area contributed by atoms with Gasteiger partial charge < -0.3 is 30.6 Å². The molecule has 200 valence electrons. The number of hydrogen-bond donors (Lipinski definition) is 4. The van der Waals surface area contributed by atoms with Crippen molar-refractivity contribution in [3.8, 4) is 5.75 Å². The van der Waals surface area contributed by atoms with Gasteiger partial charge >= 0.3 is 13.7 Å². The van der Waals surface area contributed by atoms with E-state index in [9.17, 15) is 14.5 Å². The highest BCUT2D eigenvalue weighted by Crippen LogP contribution is 2.48. The van der Waals surface area contributed by atoms with E-state index in [1.807, 2.05) is 0 Å². The number of para-hydroxylation sites is 1. The SMILES string of the molecule is COC(=O)[C@H](C)NP(=O)(OC[C@H]1O[C@@H](n2cnc3c(N)nc(N)nc32)[C@](C)(F)[C@@H]1O)Oc1ccccc1. The van der Waals surface area contributed by atoms with Gasteiger partial charge in [-0.2, -0.15) is 15.1 Å². The van der Waals surface area contributed by atoms with E-state index in [0.29, 0.717) is 0 Å². The summed E-state index contributed by atoms with van der Waals surface area (Å²) in [6.45, 7) is 1.95. The number of nitrogen functional groups attached to an aromatic ring is 2. The average molecular weight is 539 g/mol. The maximum absolute atomic E-state index is 15.8. The molecule has 0 amide bonds.